The number of aromatic nitrogens is 2. The molecule has 2 aromatic rings. The van der Waals surface area contributed by atoms with Crippen molar-refractivity contribution in [3.63, 3.8) is 0 Å². The molecule has 2 heterocycles. The number of H-pyrrole nitrogens is 1. The van der Waals surface area contributed by atoms with E-state index in [0.717, 1.165) is 37.3 Å². The van der Waals surface area contributed by atoms with Gasteiger partial charge in [0.25, 0.3) is 0 Å². The smallest absolute Gasteiger partial charge is 0.156 e. The summed E-state index contributed by atoms with van der Waals surface area (Å²) in [7, 11) is 0. The highest BCUT2D eigenvalue weighted by Crippen LogP contribution is 2.39. The van der Waals surface area contributed by atoms with E-state index in [1.54, 1.807) is 0 Å². The fourth-order valence-corrected chi connectivity index (χ4v) is 3.48. The molecule has 3 rings (SSSR count). The molecule has 1 aromatic heterocycles. The quantitative estimate of drug-likeness (QED) is 0.876. The van der Waals surface area contributed by atoms with Crippen molar-refractivity contribution in [2.75, 3.05) is 13.1 Å². The highest BCUT2D eigenvalue weighted by molar-refractivity contribution is 6.37. The number of benzene rings is 1. The predicted molar refractivity (Wildman–Crippen MR) is 94.5 cm³/mol. The Labute approximate surface area is 146 Å². The lowest BCUT2D eigenvalue weighted by molar-refractivity contribution is 0.243. The first kappa shape index (κ1) is 16.6. The van der Waals surface area contributed by atoms with Gasteiger partial charge in [-0.25, -0.2) is 0 Å². The zero-order valence-electron chi connectivity index (χ0n) is 13.6. The number of fused-ring (bicyclic) bond motifs is 1. The van der Waals surface area contributed by atoms with Crippen LogP contribution in [-0.4, -0.2) is 34.3 Å². The van der Waals surface area contributed by atoms with E-state index in [-0.39, 0.29) is 6.10 Å². The van der Waals surface area contributed by atoms with Crippen molar-refractivity contribution in [2.45, 2.75) is 39.8 Å². The van der Waals surface area contributed by atoms with Gasteiger partial charge in [-0.3, -0.25) is 10.00 Å². The molecule has 1 aliphatic heterocycles. The Hall–Kier alpha value is -1.23. The lowest BCUT2D eigenvalue weighted by Gasteiger charge is -2.25. The highest BCUT2D eigenvalue weighted by atomic mass is 35.5. The molecule has 4 nitrogen and oxygen atoms in total. The monoisotopic (exact) mass is 353 g/mol. The van der Waals surface area contributed by atoms with Crippen molar-refractivity contribution >= 4 is 23.2 Å². The Kier molecular flexibility index (Phi) is 4.85. The number of aromatic amines is 1. The zero-order valence-corrected chi connectivity index (χ0v) is 15.1. The number of nitrogens with one attached hydrogen (secondary N) is 1. The fraction of sp³-hybridized carbons (Fsp3) is 0.471. The first-order valence-electron chi connectivity index (χ1n) is 7.94. The molecule has 0 aliphatic carbocycles. The average molecular weight is 354 g/mol. The standard InChI is InChI=1S/C17H21Cl2N3O/c1-4-22-6-5-15-12(9-22)16(21-20-15)11-7-13(18)17(14(19)8-11)23-10(2)3/h7-8,10H,4-6,9H2,1-3H3,(H,20,21). The van der Waals surface area contributed by atoms with Crippen LogP contribution in [0.15, 0.2) is 12.1 Å². The summed E-state index contributed by atoms with van der Waals surface area (Å²) in [5.74, 6) is 0.534. The molecule has 124 valence electrons. The summed E-state index contributed by atoms with van der Waals surface area (Å²) in [6.07, 6.45) is 1.01. The third-order valence-electron chi connectivity index (χ3n) is 4.09. The van der Waals surface area contributed by atoms with Gasteiger partial charge >= 0.3 is 0 Å². The molecule has 0 radical (unpaired) electrons. The minimum Gasteiger partial charge on any atom is -0.488 e. The molecular weight excluding hydrogens is 333 g/mol. The first-order chi connectivity index (χ1) is 11.0. The van der Waals surface area contributed by atoms with Crippen molar-refractivity contribution in [1.29, 1.82) is 0 Å². The van der Waals surface area contributed by atoms with Gasteiger partial charge in [-0.15, -0.1) is 0 Å². The number of likely N-dealkylation sites (N-methyl/N-ethyl adjacent to an activating group) is 1. The van der Waals surface area contributed by atoms with Gasteiger partial charge in [0.1, 0.15) is 0 Å². The molecule has 23 heavy (non-hydrogen) atoms. The summed E-state index contributed by atoms with van der Waals surface area (Å²) in [4.78, 5) is 2.40. The highest BCUT2D eigenvalue weighted by Gasteiger charge is 2.23. The Morgan fingerprint density at radius 2 is 2.00 bits per heavy atom. The van der Waals surface area contributed by atoms with Gasteiger partial charge in [-0.1, -0.05) is 30.1 Å². The molecule has 0 spiro atoms. The van der Waals surface area contributed by atoms with Gasteiger partial charge in [-0.2, -0.15) is 5.10 Å². The first-order valence-corrected chi connectivity index (χ1v) is 8.69. The third kappa shape index (κ3) is 3.35. The van der Waals surface area contributed by atoms with Crippen molar-refractivity contribution in [2.24, 2.45) is 0 Å². The molecule has 0 bridgehead atoms. The topological polar surface area (TPSA) is 41.2 Å². The molecule has 0 saturated carbocycles. The number of hydrogen-bond acceptors (Lipinski definition) is 3. The summed E-state index contributed by atoms with van der Waals surface area (Å²) in [5.41, 5.74) is 4.30. The minimum absolute atomic E-state index is 0.0205. The van der Waals surface area contributed by atoms with Gasteiger partial charge < -0.3 is 4.74 Å². The Morgan fingerprint density at radius 3 is 2.61 bits per heavy atom. The zero-order chi connectivity index (χ0) is 16.6. The number of hydrogen-bond donors (Lipinski definition) is 1. The van der Waals surface area contributed by atoms with Gasteiger partial charge in [-0.05, 0) is 32.5 Å². The molecular formula is C17H21Cl2N3O. The van der Waals surface area contributed by atoms with Crippen molar-refractivity contribution in [3.05, 3.63) is 33.4 Å². The van der Waals surface area contributed by atoms with E-state index in [1.165, 1.54) is 11.3 Å². The van der Waals surface area contributed by atoms with Crippen LogP contribution in [0.2, 0.25) is 10.0 Å². The van der Waals surface area contributed by atoms with E-state index in [2.05, 4.69) is 22.0 Å². The maximum atomic E-state index is 6.38. The second-order valence-corrected chi connectivity index (χ2v) is 6.90. The number of rotatable bonds is 4. The fourth-order valence-electron chi connectivity index (χ4n) is 2.90. The summed E-state index contributed by atoms with van der Waals surface area (Å²) >= 11 is 12.8. The Balaban J connectivity index is 1.99. The maximum Gasteiger partial charge on any atom is 0.156 e. The molecule has 1 aliphatic rings. The van der Waals surface area contributed by atoms with Crippen LogP contribution in [0, 0.1) is 0 Å². The molecule has 0 atom stereocenters. The van der Waals surface area contributed by atoms with Gasteiger partial charge in [0.15, 0.2) is 5.75 Å². The summed E-state index contributed by atoms with van der Waals surface area (Å²) < 4.78 is 5.69. The van der Waals surface area contributed by atoms with E-state index >= 15 is 0 Å². The molecule has 0 unspecified atom stereocenters. The van der Waals surface area contributed by atoms with Crippen molar-refractivity contribution in [1.82, 2.24) is 15.1 Å². The maximum absolute atomic E-state index is 6.38. The summed E-state index contributed by atoms with van der Waals surface area (Å²) in [5, 5.41) is 8.69. The average Bonchev–Trinajstić information content (AvgIpc) is 2.93. The van der Waals surface area contributed by atoms with E-state index in [1.807, 2.05) is 26.0 Å². The molecule has 0 saturated heterocycles. The number of halogens is 2. The van der Waals surface area contributed by atoms with Crippen LogP contribution in [0.5, 0.6) is 5.75 Å². The van der Waals surface area contributed by atoms with E-state index in [4.69, 9.17) is 27.9 Å². The van der Waals surface area contributed by atoms with Crippen molar-refractivity contribution < 1.29 is 4.74 Å². The van der Waals surface area contributed by atoms with Crippen LogP contribution in [0.4, 0.5) is 0 Å². The van der Waals surface area contributed by atoms with E-state index in [9.17, 15) is 0 Å². The molecule has 6 heteroatoms. The minimum atomic E-state index is 0.0205. The second kappa shape index (κ2) is 6.71. The number of ether oxygens (including phenoxy) is 1. The number of nitrogens with zero attached hydrogens (tertiary/aromatic N) is 2. The van der Waals surface area contributed by atoms with E-state index in [0.29, 0.717) is 15.8 Å². The van der Waals surface area contributed by atoms with Gasteiger partial charge in [0, 0.05) is 36.3 Å². The normalized spacial score (nSPS) is 15.0. The van der Waals surface area contributed by atoms with Crippen LogP contribution < -0.4 is 4.74 Å². The Bertz CT molecular complexity index is 689. The van der Waals surface area contributed by atoms with Gasteiger partial charge in [0.2, 0.25) is 0 Å². The SMILES string of the molecule is CCN1CCc2[nH]nc(-c3cc(Cl)c(OC(C)C)c(Cl)c3)c2C1. The Morgan fingerprint density at radius 1 is 1.30 bits per heavy atom. The van der Waals surface area contributed by atoms with Crippen LogP contribution in [-0.2, 0) is 13.0 Å². The van der Waals surface area contributed by atoms with E-state index < -0.39 is 0 Å². The second-order valence-electron chi connectivity index (χ2n) is 6.08. The van der Waals surface area contributed by atoms with Crippen molar-refractivity contribution in [3.8, 4) is 17.0 Å². The molecule has 0 fully saturated rings. The summed E-state index contributed by atoms with van der Waals surface area (Å²) in [6, 6.07) is 3.76. The lowest BCUT2D eigenvalue weighted by Crippen LogP contribution is -2.30. The summed E-state index contributed by atoms with van der Waals surface area (Å²) in [6.45, 7) is 9.07. The largest absolute Gasteiger partial charge is 0.488 e. The van der Waals surface area contributed by atoms with Crippen LogP contribution >= 0.6 is 23.2 Å². The van der Waals surface area contributed by atoms with Crippen LogP contribution in [0.3, 0.4) is 0 Å². The molecule has 0 amide bonds. The van der Waals surface area contributed by atoms with Crippen LogP contribution in [0.25, 0.3) is 11.3 Å². The lowest BCUT2D eigenvalue weighted by atomic mass is 10.0. The van der Waals surface area contributed by atoms with Crippen LogP contribution in [0.1, 0.15) is 32.0 Å². The third-order valence-corrected chi connectivity index (χ3v) is 4.65. The predicted octanol–water partition coefficient (Wildman–Crippen LogP) is 4.55. The molecule has 1 N–H and O–H groups in total. The van der Waals surface area contributed by atoms with Gasteiger partial charge in [0.05, 0.1) is 21.8 Å². The molecule has 1 aromatic carbocycles.